The third kappa shape index (κ3) is 3.45. The summed E-state index contributed by atoms with van der Waals surface area (Å²) >= 11 is 11.1. The zero-order chi connectivity index (χ0) is 16.4. The Hall–Kier alpha value is -1.11. The van der Waals surface area contributed by atoms with Crippen LogP contribution in [0, 0.1) is 19.3 Å². The number of aromatic nitrogens is 1. The number of benzene rings is 1. The molecule has 118 valence electrons. The second kappa shape index (κ2) is 6.98. The van der Waals surface area contributed by atoms with Crippen molar-refractivity contribution in [3.8, 4) is 10.8 Å². The number of amidine groups is 1. The maximum Gasteiger partial charge on any atom is 0.214 e. The molecule has 0 radical (unpaired) electrons. The molecule has 0 aliphatic heterocycles. The standard InChI is InChI=1S/C15H17BrClN3OS/c1-5-20(4)14(18)10-6-8(2)12(7-11(10)17)21-15-13(16)9(3)19-22-15/h6-7,18H,5H2,1-4H3. The third-order valence-electron chi connectivity index (χ3n) is 3.34. The van der Waals surface area contributed by atoms with Crippen molar-refractivity contribution >= 4 is 44.9 Å². The van der Waals surface area contributed by atoms with Crippen molar-refractivity contribution < 1.29 is 4.74 Å². The van der Waals surface area contributed by atoms with Gasteiger partial charge in [0.05, 0.1) is 15.2 Å². The number of halogens is 2. The zero-order valence-corrected chi connectivity index (χ0v) is 16.0. The van der Waals surface area contributed by atoms with Gasteiger partial charge >= 0.3 is 0 Å². The number of aryl methyl sites for hydroxylation is 2. The molecular formula is C15H17BrClN3OS. The Balaban J connectivity index is 2.34. The van der Waals surface area contributed by atoms with Crippen LogP contribution >= 0.6 is 39.1 Å². The number of ether oxygens (including phenoxy) is 1. The van der Waals surface area contributed by atoms with Crippen molar-refractivity contribution in [3.05, 3.63) is 38.4 Å². The first-order valence-electron chi connectivity index (χ1n) is 6.75. The first-order chi connectivity index (χ1) is 10.3. The number of hydrogen-bond acceptors (Lipinski definition) is 4. The Kier molecular flexibility index (Phi) is 5.47. The highest BCUT2D eigenvalue weighted by atomic mass is 79.9. The van der Waals surface area contributed by atoms with Crippen LogP contribution in [0.25, 0.3) is 0 Å². The molecule has 2 rings (SSSR count). The molecule has 0 spiro atoms. The highest BCUT2D eigenvalue weighted by Crippen LogP contribution is 2.38. The minimum absolute atomic E-state index is 0.400. The quantitative estimate of drug-likeness (QED) is 0.561. The van der Waals surface area contributed by atoms with Crippen LogP contribution in [-0.2, 0) is 0 Å². The molecule has 1 aromatic heterocycles. The Morgan fingerprint density at radius 1 is 1.45 bits per heavy atom. The molecule has 1 N–H and O–H groups in total. The number of nitrogens with one attached hydrogen (secondary N) is 1. The molecule has 1 heterocycles. The van der Waals surface area contributed by atoms with E-state index >= 15 is 0 Å². The van der Waals surface area contributed by atoms with E-state index in [-0.39, 0.29) is 0 Å². The summed E-state index contributed by atoms with van der Waals surface area (Å²) in [5, 5.41) is 9.39. The van der Waals surface area contributed by atoms with Gasteiger partial charge in [-0.2, -0.15) is 4.37 Å². The Morgan fingerprint density at radius 2 is 2.14 bits per heavy atom. The summed E-state index contributed by atoms with van der Waals surface area (Å²) in [5.41, 5.74) is 2.52. The van der Waals surface area contributed by atoms with Crippen LogP contribution in [0.15, 0.2) is 16.6 Å². The van der Waals surface area contributed by atoms with Crippen LogP contribution in [0.1, 0.15) is 23.7 Å². The van der Waals surface area contributed by atoms with Crippen molar-refractivity contribution in [2.24, 2.45) is 0 Å². The molecule has 2 aromatic rings. The molecule has 0 saturated carbocycles. The molecule has 4 nitrogen and oxygen atoms in total. The van der Waals surface area contributed by atoms with Gasteiger partial charge in [0.1, 0.15) is 11.6 Å². The average molecular weight is 403 g/mol. The number of nitrogens with zero attached hydrogens (tertiary/aromatic N) is 2. The van der Waals surface area contributed by atoms with Gasteiger partial charge in [-0.15, -0.1) is 0 Å². The second-order valence-electron chi connectivity index (χ2n) is 4.93. The molecule has 0 atom stereocenters. The lowest BCUT2D eigenvalue weighted by Crippen LogP contribution is -2.26. The summed E-state index contributed by atoms with van der Waals surface area (Å²) in [6.07, 6.45) is 0. The maximum atomic E-state index is 8.19. The monoisotopic (exact) mass is 401 g/mol. The largest absolute Gasteiger partial charge is 0.444 e. The van der Waals surface area contributed by atoms with E-state index in [4.69, 9.17) is 21.7 Å². The maximum absolute atomic E-state index is 8.19. The fraction of sp³-hybridized carbons (Fsp3) is 0.333. The Bertz CT molecular complexity index is 717. The first-order valence-corrected chi connectivity index (χ1v) is 8.69. The lowest BCUT2D eigenvalue weighted by atomic mass is 10.1. The van der Waals surface area contributed by atoms with Crippen LogP contribution in [0.4, 0.5) is 0 Å². The summed E-state index contributed by atoms with van der Waals surface area (Å²) in [6.45, 7) is 6.60. The highest BCUT2D eigenvalue weighted by molar-refractivity contribution is 9.10. The van der Waals surface area contributed by atoms with E-state index in [1.165, 1.54) is 11.5 Å². The van der Waals surface area contributed by atoms with Crippen LogP contribution in [0.2, 0.25) is 5.02 Å². The van der Waals surface area contributed by atoms with E-state index in [1.807, 2.05) is 38.8 Å². The molecule has 0 fully saturated rings. The van der Waals surface area contributed by atoms with Gasteiger partial charge in [-0.25, -0.2) is 0 Å². The normalized spacial score (nSPS) is 10.6. The molecule has 0 unspecified atom stereocenters. The molecule has 1 aromatic carbocycles. The predicted molar refractivity (Wildman–Crippen MR) is 95.9 cm³/mol. The smallest absolute Gasteiger partial charge is 0.214 e. The lowest BCUT2D eigenvalue weighted by molar-refractivity contribution is 0.489. The topological polar surface area (TPSA) is 49.2 Å². The number of hydrogen-bond donors (Lipinski definition) is 1. The summed E-state index contributed by atoms with van der Waals surface area (Å²) in [7, 11) is 1.87. The van der Waals surface area contributed by atoms with Gasteiger partial charge in [0.25, 0.3) is 0 Å². The third-order valence-corrected chi connectivity index (χ3v) is 5.67. The second-order valence-corrected chi connectivity index (χ2v) is 6.87. The summed E-state index contributed by atoms with van der Waals surface area (Å²) < 4.78 is 11.0. The number of rotatable bonds is 4. The van der Waals surface area contributed by atoms with E-state index in [2.05, 4.69) is 20.3 Å². The van der Waals surface area contributed by atoms with Gasteiger partial charge < -0.3 is 9.64 Å². The fourth-order valence-corrected chi connectivity index (χ4v) is 3.23. The van der Waals surface area contributed by atoms with Crippen LogP contribution in [0.3, 0.4) is 0 Å². The molecule has 0 aliphatic rings. The molecule has 0 amide bonds. The minimum atomic E-state index is 0.400. The van der Waals surface area contributed by atoms with Crippen molar-refractivity contribution in [3.63, 3.8) is 0 Å². The van der Waals surface area contributed by atoms with Gasteiger partial charge in [-0.3, -0.25) is 5.41 Å². The van der Waals surface area contributed by atoms with E-state index in [1.54, 1.807) is 6.07 Å². The molecule has 0 bridgehead atoms. The van der Waals surface area contributed by atoms with Crippen molar-refractivity contribution in [2.75, 3.05) is 13.6 Å². The molecule has 22 heavy (non-hydrogen) atoms. The summed E-state index contributed by atoms with van der Waals surface area (Å²) in [4.78, 5) is 1.84. The van der Waals surface area contributed by atoms with E-state index < -0.39 is 0 Å². The molecular weight excluding hydrogens is 386 g/mol. The molecule has 7 heteroatoms. The van der Waals surface area contributed by atoms with Crippen molar-refractivity contribution in [2.45, 2.75) is 20.8 Å². The van der Waals surface area contributed by atoms with E-state index in [9.17, 15) is 0 Å². The van der Waals surface area contributed by atoms with Gasteiger partial charge in [0, 0.05) is 36.8 Å². The van der Waals surface area contributed by atoms with E-state index in [0.717, 1.165) is 22.3 Å². The zero-order valence-electron chi connectivity index (χ0n) is 12.8. The van der Waals surface area contributed by atoms with Gasteiger partial charge in [0.2, 0.25) is 5.06 Å². The summed E-state index contributed by atoms with van der Waals surface area (Å²) in [5.74, 6) is 1.07. The summed E-state index contributed by atoms with van der Waals surface area (Å²) in [6, 6.07) is 3.64. The predicted octanol–water partition coefficient (Wildman–Crippen LogP) is 5.25. The Labute approximate surface area is 147 Å². The van der Waals surface area contributed by atoms with Crippen LogP contribution < -0.4 is 4.74 Å². The first kappa shape index (κ1) is 17.2. The van der Waals surface area contributed by atoms with Gasteiger partial charge in [-0.1, -0.05) is 11.6 Å². The van der Waals surface area contributed by atoms with E-state index in [0.29, 0.717) is 27.2 Å². The van der Waals surface area contributed by atoms with Crippen LogP contribution in [-0.4, -0.2) is 28.7 Å². The lowest BCUT2D eigenvalue weighted by Gasteiger charge is -2.19. The fourth-order valence-electron chi connectivity index (χ4n) is 1.82. The minimum Gasteiger partial charge on any atom is -0.444 e. The Morgan fingerprint density at radius 3 is 2.68 bits per heavy atom. The van der Waals surface area contributed by atoms with Gasteiger partial charge in [0.15, 0.2) is 0 Å². The molecule has 0 saturated heterocycles. The van der Waals surface area contributed by atoms with Crippen LogP contribution in [0.5, 0.6) is 10.8 Å². The average Bonchev–Trinajstić information content (AvgIpc) is 2.81. The van der Waals surface area contributed by atoms with Crippen molar-refractivity contribution in [1.82, 2.24) is 9.27 Å². The molecule has 0 aliphatic carbocycles. The SMILES string of the molecule is CCN(C)C(=N)c1cc(C)c(Oc2snc(C)c2Br)cc1Cl. The highest BCUT2D eigenvalue weighted by Gasteiger charge is 2.16. The van der Waals surface area contributed by atoms with Crippen molar-refractivity contribution in [1.29, 1.82) is 5.41 Å². The van der Waals surface area contributed by atoms with Gasteiger partial charge in [-0.05, 0) is 48.3 Å².